The largest absolute Gasteiger partial charge is 0.385 e. The van der Waals surface area contributed by atoms with Crippen LogP contribution in [0.5, 0.6) is 0 Å². The molecule has 0 fully saturated rings. The standard InChI is InChI=1S/C8H14O/c1-3-5-6-7-8(9)4-2/h4,6-9H,2-3,5H2,1H3/b7-6+. The van der Waals surface area contributed by atoms with Crippen LogP contribution in [-0.2, 0) is 0 Å². The zero-order valence-electron chi connectivity index (χ0n) is 5.88. The molecule has 0 amide bonds. The summed E-state index contributed by atoms with van der Waals surface area (Å²) in [5.74, 6) is 0. The van der Waals surface area contributed by atoms with Crippen molar-refractivity contribution < 1.29 is 5.11 Å². The van der Waals surface area contributed by atoms with Gasteiger partial charge < -0.3 is 5.11 Å². The topological polar surface area (TPSA) is 20.2 Å². The van der Waals surface area contributed by atoms with Crippen LogP contribution in [0.1, 0.15) is 19.8 Å². The molecular formula is C8H14O. The molecule has 0 bridgehead atoms. The van der Waals surface area contributed by atoms with Gasteiger partial charge in [-0.25, -0.2) is 0 Å². The normalized spacial score (nSPS) is 14.0. The monoisotopic (exact) mass is 126 g/mol. The Morgan fingerprint density at radius 2 is 2.33 bits per heavy atom. The van der Waals surface area contributed by atoms with Gasteiger partial charge in [-0.15, -0.1) is 6.58 Å². The quantitative estimate of drug-likeness (QED) is 0.570. The second kappa shape index (κ2) is 5.57. The first-order valence-electron chi connectivity index (χ1n) is 3.28. The number of aliphatic hydroxyl groups is 1. The molecule has 0 aliphatic heterocycles. The van der Waals surface area contributed by atoms with Crippen LogP contribution in [0.2, 0.25) is 0 Å². The van der Waals surface area contributed by atoms with Crippen LogP contribution in [0.15, 0.2) is 24.8 Å². The molecule has 1 nitrogen and oxygen atoms in total. The van der Waals surface area contributed by atoms with Crippen molar-refractivity contribution in [1.82, 2.24) is 0 Å². The van der Waals surface area contributed by atoms with E-state index in [2.05, 4.69) is 13.5 Å². The fraction of sp³-hybridized carbons (Fsp3) is 0.500. The first-order valence-corrected chi connectivity index (χ1v) is 3.28. The number of aliphatic hydroxyl groups excluding tert-OH is 1. The van der Waals surface area contributed by atoms with Crippen LogP contribution in [0.3, 0.4) is 0 Å². The van der Waals surface area contributed by atoms with Gasteiger partial charge in [-0.1, -0.05) is 31.6 Å². The van der Waals surface area contributed by atoms with Crippen LogP contribution in [0.25, 0.3) is 0 Å². The molecule has 0 rings (SSSR count). The maximum atomic E-state index is 8.88. The number of unbranched alkanes of at least 4 members (excludes halogenated alkanes) is 1. The average Bonchev–Trinajstić information content (AvgIpc) is 1.89. The van der Waals surface area contributed by atoms with E-state index < -0.39 is 6.10 Å². The van der Waals surface area contributed by atoms with Crippen LogP contribution >= 0.6 is 0 Å². The number of hydrogen-bond donors (Lipinski definition) is 1. The molecule has 0 saturated carbocycles. The third kappa shape index (κ3) is 5.31. The minimum absolute atomic E-state index is 0.462. The van der Waals surface area contributed by atoms with Crippen LogP contribution in [0.4, 0.5) is 0 Å². The lowest BCUT2D eigenvalue weighted by molar-refractivity contribution is 0.271. The van der Waals surface area contributed by atoms with Crippen molar-refractivity contribution in [1.29, 1.82) is 0 Å². The molecule has 0 aliphatic rings. The van der Waals surface area contributed by atoms with Crippen LogP contribution < -0.4 is 0 Å². The molecule has 0 spiro atoms. The van der Waals surface area contributed by atoms with Crippen LogP contribution in [0, 0.1) is 0 Å². The van der Waals surface area contributed by atoms with Crippen molar-refractivity contribution in [2.24, 2.45) is 0 Å². The highest BCUT2D eigenvalue weighted by atomic mass is 16.3. The molecule has 1 heteroatoms. The van der Waals surface area contributed by atoms with Crippen molar-refractivity contribution in [3.8, 4) is 0 Å². The van der Waals surface area contributed by atoms with Gasteiger partial charge in [0.15, 0.2) is 0 Å². The zero-order valence-corrected chi connectivity index (χ0v) is 5.88. The number of rotatable bonds is 4. The predicted octanol–water partition coefficient (Wildman–Crippen LogP) is 1.89. The summed E-state index contributed by atoms with van der Waals surface area (Å²) in [5, 5.41) is 8.88. The predicted molar refractivity (Wildman–Crippen MR) is 40.3 cm³/mol. The van der Waals surface area contributed by atoms with Gasteiger partial charge in [0.2, 0.25) is 0 Å². The molecule has 9 heavy (non-hydrogen) atoms. The number of allylic oxidation sites excluding steroid dienone is 1. The summed E-state index contributed by atoms with van der Waals surface area (Å²) in [5.41, 5.74) is 0. The Labute approximate surface area is 56.7 Å². The Balaban J connectivity index is 3.31. The van der Waals surface area contributed by atoms with E-state index in [0.717, 1.165) is 12.8 Å². The molecule has 0 aromatic heterocycles. The fourth-order valence-corrected chi connectivity index (χ4v) is 0.481. The highest BCUT2D eigenvalue weighted by molar-refractivity contribution is 4.97. The van der Waals surface area contributed by atoms with Crippen molar-refractivity contribution in [3.05, 3.63) is 24.8 Å². The van der Waals surface area contributed by atoms with E-state index in [9.17, 15) is 0 Å². The summed E-state index contributed by atoms with van der Waals surface area (Å²) in [4.78, 5) is 0. The Bertz CT molecular complexity index is 94.7. The summed E-state index contributed by atoms with van der Waals surface area (Å²) in [6, 6.07) is 0. The van der Waals surface area contributed by atoms with E-state index in [1.54, 1.807) is 6.08 Å². The molecule has 0 radical (unpaired) electrons. The Morgan fingerprint density at radius 3 is 2.78 bits per heavy atom. The highest BCUT2D eigenvalue weighted by Gasteiger charge is 1.85. The van der Waals surface area contributed by atoms with Crippen molar-refractivity contribution >= 4 is 0 Å². The van der Waals surface area contributed by atoms with E-state index in [1.165, 1.54) is 6.08 Å². The molecule has 1 unspecified atom stereocenters. The lowest BCUT2D eigenvalue weighted by Crippen LogP contribution is -1.93. The summed E-state index contributed by atoms with van der Waals surface area (Å²) in [6.07, 6.45) is 6.91. The van der Waals surface area contributed by atoms with Gasteiger partial charge in [0.25, 0.3) is 0 Å². The van der Waals surface area contributed by atoms with E-state index in [-0.39, 0.29) is 0 Å². The Hall–Kier alpha value is -0.560. The van der Waals surface area contributed by atoms with E-state index in [0.29, 0.717) is 0 Å². The molecule has 0 aliphatic carbocycles. The second-order valence-electron chi connectivity index (χ2n) is 1.94. The van der Waals surface area contributed by atoms with Crippen molar-refractivity contribution in [2.75, 3.05) is 0 Å². The maximum absolute atomic E-state index is 8.88. The molecule has 0 aromatic rings. The van der Waals surface area contributed by atoms with Gasteiger partial charge in [-0.05, 0) is 6.42 Å². The summed E-state index contributed by atoms with van der Waals surface area (Å²) in [6.45, 7) is 5.54. The molecular weight excluding hydrogens is 112 g/mol. The Kier molecular flexibility index (Phi) is 5.23. The average molecular weight is 126 g/mol. The number of hydrogen-bond acceptors (Lipinski definition) is 1. The Morgan fingerprint density at radius 1 is 1.67 bits per heavy atom. The van der Waals surface area contributed by atoms with E-state index in [1.807, 2.05) is 6.08 Å². The second-order valence-corrected chi connectivity index (χ2v) is 1.94. The lowest BCUT2D eigenvalue weighted by Gasteiger charge is -1.93. The molecule has 1 N–H and O–H groups in total. The molecule has 1 atom stereocenters. The summed E-state index contributed by atoms with van der Waals surface area (Å²) < 4.78 is 0. The highest BCUT2D eigenvalue weighted by Crippen LogP contribution is 1.91. The maximum Gasteiger partial charge on any atom is 0.0899 e. The molecule has 0 saturated heterocycles. The van der Waals surface area contributed by atoms with Gasteiger partial charge >= 0.3 is 0 Å². The van der Waals surface area contributed by atoms with Gasteiger partial charge in [-0.2, -0.15) is 0 Å². The fourth-order valence-electron chi connectivity index (χ4n) is 0.481. The summed E-state index contributed by atoms with van der Waals surface area (Å²) in [7, 11) is 0. The van der Waals surface area contributed by atoms with Crippen molar-refractivity contribution in [3.63, 3.8) is 0 Å². The van der Waals surface area contributed by atoms with Gasteiger partial charge in [0.05, 0.1) is 6.10 Å². The van der Waals surface area contributed by atoms with Crippen molar-refractivity contribution in [2.45, 2.75) is 25.9 Å². The first-order chi connectivity index (χ1) is 4.31. The molecule has 52 valence electrons. The third-order valence-corrected chi connectivity index (χ3v) is 1.03. The molecule has 0 aromatic carbocycles. The van der Waals surface area contributed by atoms with Gasteiger partial charge in [-0.3, -0.25) is 0 Å². The summed E-state index contributed by atoms with van der Waals surface area (Å²) >= 11 is 0. The zero-order chi connectivity index (χ0) is 7.11. The van der Waals surface area contributed by atoms with Crippen LogP contribution in [-0.4, -0.2) is 11.2 Å². The van der Waals surface area contributed by atoms with E-state index in [4.69, 9.17) is 5.11 Å². The van der Waals surface area contributed by atoms with E-state index >= 15 is 0 Å². The minimum Gasteiger partial charge on any atom is -0.385 e. The lowest BCUT2D eigenvalue weighted by atomic mass is 10.2. The van der Waals surface area contributed by atoms with Gasteiger partial charge in [0.1, 0.15) is 0 Å². The van der Waals surface area contributed by atoms with Gasteiger partial charge in [0, 0.05) is 0 Å². The SMILES string of the molecule is C=CC(O)/C=C/CCC. The third-order valence-electron chi connectivity index (χ3n) is 1.03. The smallest absolute Gasteiger partial charge is 0.0899 e. The first kappa shape index (κ1) is 8.44. The minimum atomic E-state index is -0.462. The molecule has 0 heterocycles.